The molecule has 2 saturated heterocycles. The minimum absolute atomic E-state index is 0.171. The van der Waals surface area contributed by atoms with Gasteiger partial charge in [0.1, 0.15) is 11.9 Å². The zero-order valence-electron chi connectivity index (χ0n) is 19.5. The fourth-order valence-electron chi connectivity index (χ4n) is 4.76. The molecule has 2 aliphatic rings. The van der Waals surface area contributed by atoms with E-state index in [0.29, 0.717) is 29.3 Å². The van der Waals surface area contributed by atoms with Crippen LogP contribution in [0.3, 0.4) is 0 Å². The van der Waals surface area contributed by atoms with E-state index in [9.17, 15) is 0 Å². The molecule has 2 aromatic rings. The molecule has 2 heterocycles. The highest BCUT2D eigenvalue weighted by Gasteiger charge is 2.32. The quantitative estimate of drug-likeness (QED) is 0.651. The van der Waals surface area contributed by atoms with Crippen molar-refractivity contribution in [1.29, 1.82) is 0 Å². The third kappa shape index (κ3) is 5.11. The van der Waals surface area contributed by atoms with Crippen LogP contribution in [0.4, 0.5) is 0 Å². The van der Waals surface area contributed by atoms with Gasteiger partial charge in [-0.25, -0.2) is 5.43 Å². The molecule has 0 aliphatic carbocycles. The Morgan fingerprint density at radius 3 is 2.31 bits per heavy atom. The lowest BCUT2D eigenvalue weighted by Gasteiger charge is -2.34. The van der Waals surface area contributed by atoms with Gasteiger partial charge in [-0.05, 0) is 55.2 Å². The van der Waals surface area contributed by atoms with E-state index in [0.717, 1.165) is 50.3 Å². The van der Waals surface area contributed by atoms with E-state index in [2.05, 4.69) is 46.9 Å². The van der Waals surface area contributed by atoms with Crippen LogP contribution in [-0.2, 0) is 0 Å². The van der Waals surface area contributed by atoms with Crippen molar-refractivity contribution in [1.82, 2.24) is 15.8 Å². The Labute approximate surface area is 191 Å². The highest BCUT2D eigenvalue weighted by molar-refractivity contribution is 5.54. The minimum atomic E-state index is 0.171. The maximum Gasteiger partial charge on any atom is 0.203 e. The van der Waals surface area contributed by atoms with Gasteiger partial charge >= 0.3 is 0 Å². The third-order valence-corrected chi connectivity index (χ3v) is 6.46. The van der Waals surface area contributed by atoms with E-state index in [1.54, 1.807) is 21.3 Å². The molecule has 0 spiro atoms. The maximum atomic E-state index is 6.23. The van der Waals surface area contributed by atoms with Crippen molar-refractivity contribution >= 4 is 0 Å². The van der Waals surface area contributed by atoms with Gasteiger partial charge in [0.25, 0.3) is 0 Å². The second-order valence-electron chi connectivity index (χ2n) is 8.66. The highest BCUT2D eigenvalue weighted by Crippen LogP contribution is 2.41. The first-order chi connectivity index (χ1) is 15.6. The first kappa shape index (κ1) is 22.7. The van der Waals surface area contributed by atoms with Crippen LogP contribution in [0.5, 0.6) is 23.0 Å². The van der Waals surface area contributed by atoms with Crippen molar-refractivity contribution in [3.8, 4) is 23.0 Å². The van der Waals surface area contributed by atoms with Crippen molar-refractivity contribution < 1.29 is 18.9 Å². The summed E-state index contributed by atoms with van der Waals surface area (Å²) in [6, 6.07) is 12.6. The number of hydrogen-bond acceptors (Lipinski definition) is 7. The number of rotatable bonds is 8. The number of nitrogens with one attached hydrogen (secondary N) is 2. The lowest BCUT2D eigenvalue weighted by molar-refractivity contribution is 0.0907. The molecule has 2 aliphatic heterocycles. The van der Waals surface area contributed by atoms with Crippen LogP contribution in [0.15, 0.2) is 36.4 Å². The molecule has 0 bridgehead atoms. The first-order valence-corrected chi connectivity index (χ1v) is 11.3. The number of benzene rings is 2. The normalized spacial score (nSPS) is 22.0. The molecule has 0 saturated carbocycles. The molecule has 32 heavy (non-hydrogen) atoms. The van der Waals surface area contributed by atoms with E-state index in [-0.39, 0.29) is 6.04 Å². The van der Waals surface area contributed by atoms with Gasteiger partial charge < -0.3 is 23.8 Å². The van der Waals surface area contributed by atoms with E-state index < -0.39 is 0 Å². The monoisotopic (exact) mass is 441 g/mol. The standard InChI is InChI=1S/C25H35N3O4/c1-17-6-5-7-21(12-17)32-20-8-10-28(11-9-20)16-19-15-26-27-24(19)18-13-22(29-2)25(31-4)23(14-18)30-3/h5-7,12-14,19-20,24,26-27H,8-11,15-16H2,1-4H3. The summed E-state index contributed by atoms with van der Waals surface area (Å²) in [5.74, 6) is 3.41. The lowest BCUT2D eigenvalue weighted by Crippen LogP contribution is -2.41. The molecular weight excluding hydrogens is 406 g/mol. The van der Waals surface area contributed by atoms with Crippen LogP contribution in [-0.4, -0.2) is 58.5 Å². The first-order valence-electron chi connectivity index (χ1n) is 11.3. The van der Waals surface area contributed by atoms with E-state index >= 15 is 0 Å². The predicted molar refractivity (Wildman–Crippen MR) is 125 cm³/mol. The maximum absolute atomic E-state index is 6.23. The molecule has 2 aromatic carbocycles. The molecule has 0 aromatic heterocycles. The number of hydrogen-bond donors (Lipinski definition) is 2. The zero-order chi connectivity index (χ0) is 22.5. The van der Waals surface area contributed by atoms with Crippen molar-refractivity contribution in [2.24, 2.45) is 5.92 Å². The minimum Gasteiger partial charge on any atom is -0.493 e. The Morgan fingerprint density at radius 2 is 1.69 bits per heavy atom. The molecule has 0 radical (unpaired) electrons. The van der Waals surface area contributed by atoms with Crippen LogP contribution in [0, 0.1) is 12.8 Å². The number of hydrazine groups is 1. The van der Waals surface area contributed by atoms with Gasteiger partial charge in [-0.2, -0.15) is 0 Å². The van der Waals surface area contributed by atoms with Crippen LogP contribution >= 0.6 is 0 Å². The highest BCUT2D eigenvalue weighted by atomic mass is 16.5. The van der Waals surface area contributed by atoms with Crippen molar-refractivity contribution in [3.05, 3.63) is 47.5 Å². The van der Waals surface area contributed by atoms with Crippen molar-refractivity contribution in [2.45, 2.75) is 31.9 Å². The molecule has 2 unspecified atom stereocenters. The summed E-state index contributed by atoms with van der Waals surface area (Å²) >= 11 is 0. The predicted octanol–water partition coefficient (Wildman–Crippen LogP) is 3.33. The summed E-state index contributed by atoms with van der Waals surface area (Å²) in [5, 5.41) is 0. The van der Waals surface area contributed by atoms with Gasteiger partial charge in [0.05, 0.1) is 27.4 Å². The Morgan fingerprint density at radius 1 is 0.969 bits per heavy atom. The van der Waals surface area contributed by atoms with Gasteiger partial charge in [-0.3, -0.25) is 5.43 Å². The van der Waals surface area contributed by atoms with Crippen LogP contribution in [0.25, 0.3) is 0 Å². The second kappa shape index (κ2) is 10.4. The number of nitrogens with zero attached hydrogens (tertiary/aromatic N) is 1. The Bertz CT molecular complexity index is 874. The van der Waals surface area contributed by atoms with Crippen LogP contribution < -0.4 is 29.8 Å². The third-order valence-electron chi connectivity index (χ3n) is 6.46. The number of aryl methyl sites for hydroxylation is 1. The summed E-state index contributed by atoms with van der Waals surface area (Å²) in [6.45, 7) is 6.15. The largest absolute Gasteiger partial charge is 0.493 e. The fourth-order valence-corrected chi connectivity index (χ4v) is 4.76. The van der Waals surface area contributed by atoms with E-state index in [1.807, 2.05) is 12.1 Å². The van der Waals surface area contributed by atoms with Gasteiger partial charge in [0.2, 0.25) is 5.75 Å². The average molecular weight is 442 g/mol. The van der Waals surface area contributed by atoms with Gasteiger partial charge in [-0.15, -0.1) is 0 Å². The molecule has 7 nitrogen and oxygen atoms in total. The second-order valence-corrected chi connectivity index (χ2v) is 8.66. The summed E-state index contributed by atoms with van der Waals surface area (Å²) in [6.07, 6.45) is 2.39. The van der Waals surface area contributed by atoms with Gasteiger partial charge in [0.15, 0.2) is 11.5 Å². The summed E-state index contributed by atoms with van der Waals surface area (Å²) in [7, 11) is 4.94. The van der Waals surface area contributed by atoms with Crippen molar-refractivity contribution in [3.63, 3.8) is 0 Å². The number of methoxy groups -OCH3 is 3. The molecule has 2 fully saturated rings. The molecule has 7 heteroatoms. The molecular formula is C25H35N3O4. The number of ether oxygens (including phenoxy) is 4. The lowest BCUT2D eigenvalue weighted by atomic mass is 9.93. The molecule has 2 N–H and O–H groups in total. The van der Waals surface area contributed by atoms with Crippen LogP contribution in [0.1, 0.15) is 30.0 Å². The summed E-state index contributed by atoms with van der Waals surface area (Å²) in [5.41, 5.74) is 9.16. The fraction of sp³-hybridized carbons (Fsp3) is 0.520. The molecule has 174 valence electrons. The summed E-state index contributed by atoms with van der Waals surface area (Å²) in [4.78, 5) is 2.56. The average Bonchev–Trinajstić information content (AvgIpc) is 3.27. The van der Waals surface area contributed by atoms with Gasteiger partial charge in [0, 0.05) is 32.1 Å². The number of piperidine rings is 1. The molecule has 2 atom stereocenters. The van der Waals surface area contributed by atoms with Crippen LogP contribution in [0.2, 0.25) is 0 Å². The molecule has 0 amide bonds. The Kier molecular flexibility index (Phi) is 7.40. The Balaban J connectivity index is 1.37. The van der Waals surface area contributed by atoms with E-state index in [1.165, 1.54) is 5.56 Å². The topological polar surface area (TPSA) is 64.2 Å². The number of likely N-dealkylation sites (tertiary alicyclic amines) is 1. The molecule has 4 rings (SSSR count). The van der Waals surface area contributed by atoms with Crippen molar-refractivity contribution in [2.75, 3.05) is 47.5 Å². The Hall–Kier alpha value is -2.48. The van der Waals surface area contributed by atoms with E-state index in [4.69, 9.17) is 18.9 Å². The smallest absolute Gasteiger partial charge is 0.203 e. The zero-order valence-corrected chi connectivity index (χ0v) is 19.5. The van der Waals surface area contributed by atoms with Gasteiger partial charge in [-0.1, -0.05) is 12.1 Å². The SMILES string of the molecule is COc1cc(C2NNCC2CN2CCC(Oc3cccc(C)c3)CC2)cc(OC)c1OC. The summed E-state index contributed by atoms with van der Waals surface area (Å²) < 4.78 is 22.8.